The molecular formula is C18H22N2. The first-order valence-corrected chi connectivity index (χ1v) is 7.25. The van der Waals surface area contributed by atoms with E-state index in [2.05, 4.69) is 72.5 Å². The molecule has 0 bridgehead atoms. The van der Waals surface area contributed by atoms with Gasteiger partial charge in [0.1, 0.15) is 0 Å². The molecule has 3 rings (SSSR count). The SMILES string of the molecule is C[C@@]1(N)CN(Cc2ccccc2)C[C@H]1c1ccccc1. The van der Waals surface area contributed by atoms with Crippen molar-refractivity contribution in [2.45, 2.75) is 24.9 Å². The normalized spacial score (nSPS) is 26.8. The molecule has 2 heteroatoms. The van der Waals surface area contributed by atoms with Crippen LogP contribution in [-0.2, 0) is 6.54 Å². The lowest BCUT2D eigenvalue weighted by Crippen LogP contribution is -2.43. The van der Waals surface area contributed by atoms with Gasteiger partial charge in [0.15, 0.2) is 0 Å². The first-order chi connectivity index (χ1) is 9.65. The van der Waals surface area contributed by atoms with Gasteiger partial charge in [-0.25, -0.2) is 0 Å². The van der Waals surface area contributed by atoms with E-state index >= 15 is 0 Å². The minimum Gasteiger partial charge on any atom is -0.324 e. The second-order valence-electron chi connectivity index (χ2n) is 6.12. The smallest absolute Gasteiger partial charge is 0.0336 e. The second kappa shape index (κ2) is 5.39. The van der Waals surface area contributed by atoms with Crippen LogP contribution in [0.3, 0.4) is 0 Å². The molecule has 0 amide bonds. The van der Waals surface area contributed by atoms with Crippen LogP contribution in [0.15, 0.2) is 60.7 Å². The number of hydrogen-bond acceptors (Lipinski definition) is 2. The maximum absolute atomic E-state index is 6.56. The van der Waals surface area contributed by atoms with E-state index in [1.807, 2.05) is 0 Å². The number of benzene rings is 2. The summed E-state index contributed by atoms with van der Waals surface area (Å²) in [6, 6.07) is 21.3. The fourth-order valence-corrected chi connectivity index (χ4v) is 3.26. The predicted molar refractivity (Wildman–Crippen MR) is 83.5 cm³/mol. The Morgan fingerprint density at radius 1 is 1.05 bits per heavy atom. The molecule has 2 aromatic rings. The standard InChI is InChI=1S/C18H22N2/c1-18(19)14-20(12-15-8-4-2-5-9-15)13-17(18)16-10-6-3-7-11-16/h2-11,17H,12-14,19H2,1H3/t17-,18+/m0/s1. The number of hydrogen-bond donors (Lipinski definition) is 1. The topological polar surface area (TPSA) is 29.3 Å². The zero-order chi connectivity index (χ0) is 14.0. The monoisotopic (exact) mass is 266 g/mol. The van der Waals surface area contributed by atoms with Gasteiger partial charge in [-0.2, -0.15) is 0 Å². The molecule has 0 saturated carbocycles. The van der Waals surface area contributed by atoms with Gasteiger partial charge in [0.25, 0.3) is 0 Å². The Bertz CT molecular complexity index is 548. The molecule has 0 radical (unpaired) electrons. The summed E-state index contributed by atoms with van der Waals surface area (Å²) < 4.78 is 0. The molecule has 2 nitrogen and oxygen atoms in total. The van der Waals surface area contributed by atoms with Crippen molar-refractivity contribution in [3.05, 3.63) is 71.8 Å². The van der Waals surface area contributed by atoms with E-state index in [1.165, 1.54) is 11.1 Å². The van der Waals surface area contributed by atoms with Crippen molar-refractivity contribution < 1.29 is 0 Å². The third kappa shape index (κ3) is 2.77. The van der Waals surface area contributed by atoms with E-state index in [0.29, 0.717) is 5.92 Å². The van der Waals surface area contributed by atoms with Gasteiger partial charge in [0, 0.05) is 31.1 Å². The average Bonchev–Trinajstić information content (AvgIpc) is 2.75. The van der Waals surface area contributed by atoms with Crippen molar-refractivity contribution >= 4 is 0 Å². The molecule has 1 saturated heterocycles. The first kappa shape index (κ1) is 13.3. The summed E-state index contributed by atoms with van der Waals surface area (Å²) in [5.41, 5.74) is 9.11. The number of nitrogens with zero attached hydrogens (tertiary/aromatic N) is 1. The number of likely N-dealkylation sites (tertiary alicyclic amines) is 1. The summed E-state index contributed by atoms with van der Waals surface area (Å²) in [4.78, 5) is 2.47. The molecule has 2 atom stereocenters. The number of nitrogens with two attached hydrogens (primary N) is 1. The van der Waals surface area contributed by atoms with Crippen LogP contribution in [0, 0.1) is 0 Å². The zero-order valence-corrected chi connectivity index (χ0v) is 12.0. The van der Waals surface area contributed by atoms with Gasteiger partial charge in [-0.3, -0.25) is 4.90 Å². The van der Waals surface area contributed by atoms with Crippen LogP contribution in [0.5, 0.6) is 0 Å². The lowest BCUT2D eigenvalue weighted by atomic mass is 9.84. The highest BCUT2D eigenvalue weighted by Crippen LogP contribution is 2.34. The van der Waals surface area contributed by atoms with E-state index in [-0.39, 0.29) is 5.54 Å². The first-order valence-electron chi connectivity index (χ1n) is 7.25. The molecule has 1 fully saturated rings. The van der Waals surface area contributed by atoms with Crippen molar-refractivity contribution in [2.75, 3.05) is 13.1 Å². The second-order valence-corrected chi connectivity index (χ2v) is 6.12. The summed E-state index contributed by atoms with van der Waals surface area (Å²) in [6.07, 6.45) is 0. The molecule has 0 aliphatic carbocycles. The van der Waals surface area contributed by atoms with Gasteiger partial charge in [-0.15, -0.1) is 0 Å². The van der Waals surface area contributed by atoms with Crippen LogP contribution in [0.1, 0.15) is 24.0 Å². The summed E-state index contributed by atoms with van der Waals surface area (Å²) in [5.74, 6) is 0.410. The van der Waals surface area contributed by atoms with Crippen molar-refractivity contribution in [3.8, 4) is 0 Å². The molecule has 104 valence electrons. The molecule has 1 aliphatic rings. The lowest BCUT2D eigenvalue weighted by Gasteiger charge is -2.26. The van der Waals surface area contributed by atoms with Gasteiger partial charge < -0.3 is 5.73 Å². The molecular weight excluding hydrogens is 244 g/mol. The maximum atomic E-state index is 6.56. The zero-order valence-electron chi connectivity index (χ0n) is 12.0. The van der Waals surface area contributed by atoms with Crippen LogP contribution < -0.4 is 5.73 Å². The average molecular weight is 266 g/mol. The molecule has 1 aliphatic heterocycles. The van der Waals surface area contributed by atoms with Gasteiger partial charge >= 0.3 is 0 Å². The van der Waals surface area contributed by atoms with Crippen molar-refractivity contribution in [2.24, 2.45) is 5.73 Å². The summed E-state index contributed by atoms with van der Waals surface area (Å²) in [5, 5.41) is 0. The van der Waals surface area contributed by atoms with Crippen LogP contribution in [-0.4, -0.2) is 23.5 Å². The minimum absolute atomic E-state index is 0.157. The van der Waals surface area contributed by atoms with E-state index in [4.69, 9.17) is 5.73 Å². The van der Waals surface area contributed by atoms with Crippen LogP contribution in [0.4, 0.5) is 0 Å². The molecule has 1 heterocycles. The minimum atomic E-state index is -0.157. The van der Waals surface area contributed by atoms with E-state index < -0.39 is 0 Å². The fourth-order valence-electron chi connectivity index (χ4n) is 3.26. The van der Waals surface area contributed by atoms with Crippen LogP contribution >= 0.6 is 0 Å². The lowest BCUT2D eigenvalue weighted by molar-refractivity contribution is 0.309. The number of rotatable bonds is 3. The fraction of sp³-hybridized carbons (Fsp3) is 0.333. The Morgan fingerprint density at radius 3 is 2.30 bits per heavy atom. The van der Waals surface area contributed by atoms with E-state index in [0.717, 1.165) is 19.6 Å². The van der Waals surface area contributed by atoms with Crippen molar-refractivity contribution in [1.82, 2.24) is 4.90 Å². The van der Waals surface area contributed by atoms with Gasteiger partial charge in [-0.1, -0.05) is 60.7 Å². The molecule has 0 spiro atoms. The molecule has 2 aromatic carbocycles. The molecule has 2 N–H and O–H groups in total. The highest BCUT2D eigenvalue weighted by molar-refractivity contribution is 5.27. The van der Waals surface area contributed by atoms with E-state index in [1.54, 1.807) is 0 Å². The van der Waals surface area contributed by atoms with Crippen molar-refractivity contribution in [3.63, 3.8) is 0 Å². The third-order valence-electron chi connectivity index (χ3n) is 4.25. The Hall–Kier alpha value is -1.64. The highest BCUT2D eigenvalue weighted by Gasteiger charge is 2.40. The third-order valence-corrected chi connectivity index (χ3v) is 4.25. The van der Waals surface area contributed by atoms with Crippen molar-refractivity contribution in [1.29, 1.82) is 0 Å². The van der Waals surface area contributed by atoms with Gasteiger partial charge in [0.2, 0.25) is 0 Å². The summed E-state index contributed by atoms with van der Waals surface area (Å²) >= 11 is 0. The predicted octanol–water partition coefficient (Wildman–Crippen LogP) is 3.00. The molecule has 0 unspecified atom stereocenters. The van der Waals surface area contributed by atoms with Crippen LogP contribution in [0.2, 0.25) is 0 Å². The molecule has 20 heavy (non-hydrogen) atoms. The summed E-state index contributed by atoms with van der Waals surface area (Å²) in [7, 11) is 0. The quantitative estimate of drug-likeness (QED) is 0.925. The highest BCUT2D eigenvalue weighted by atomic mass is 15.2. The Balaban J connectivity index is 1.75. The van der Waals surface area contributed by atoms with Crippen LogP contribution in [0.25, 0.3) is 0 Å². The summed E-state index contributed by atoms with van der Waals surface area (Å²) in [6.45, 7) is 5.14. The Labute approximate surface area is 121 Å². The largest absolute Gasteiger partial charge is 0.324 e. The Kier molecular flexibility index (Phi) is 3.60. The van der Waals surface area contributed by atoms with E-state index in [9.17, 15) is 0 Å². The Morgan fingerprint density at radius 2 is 1.65 bits per heavy atom. The molecule has 0 aromatic heterocycles. The van der Waals surface area contributed by atoms with Gasteiger partial charge in [0.05, 0.1) is 0 Å². The van der Waals surface area contributed by atoms with Gasteiger partial charge in [-0.05, 0) is 18.1 Å². The maximum Gasteiger partial charge on any atom is 0.0336 e.